The van der Waals surface area contributed by atoms with E-state index in [-0.39, 0.29) is 0 Å². The first kappa shape index (κ1) is 15.7. The van der Waals surface area contributed by atoms with Crippen LogP contribution >= 0.6 is 35.0 Å². The first-order valence-corrected chi connectivity index (χ1v) is 8.19. The Hall–Kier alpha value is -0.670. The fourth-order valence-corrected chi connectivity index (χ4v) is 3.44. The molecular weight excluding hydrogens is 309 g/mol. The third-order valence-corrected chi connectivity index (χ3v) is 4.51. The van der Waals surface area contributed by atoms with Crippen molar-refractivity contribution in [1.82, 2.24) is 5.32 Å². The summed E-state index contributed by atoms with van der Waals surface area (Å²) in [7, 11) is 0. The van der Waals surface area contributed by atoms with Crippen molar-refractivity contribution in [2.45, 2.75) is 29.7 Å². The van der Waals surface area contributed by atoms with E-state index in [0.29, 0.717) is 0 Å². The summed E-state index contributed by atoms with van der Waals surface area (Å²) in [6.07, 6.45) is 1.11. The zero-order valence-corrected chi connectivity index (χ0v) is 13.7. The van der Waals surface area contributed by atoms with Crippen LogP contribution in [0.25, 0.3) is 0 Å². The minimum absolute atomic E-state index is 0.752. The lowest BCUT2D eigenvalue weighted by molar-refractivity contribution is 0.669. The molecule has 0 aliphatic carbocycles. The van der Waals surface area contributed by atoms with Crippen molar-refractivity contribution < 1.29 is 0 Å². The van der Waals surface area contributed by atoms with Gasteiger partial charge in [-0.3, -0.25) is 0 Å². The molecule has 2 aromatic carbocycles. The molecule has 0 atom stereocenters. The highest BCUT2D eigenvalue weighted by atomic mass is 35.5. The molecule has 106 valence electrons. The molecule has 2 aromatic rings. The van der Waals surface area contributed by atoms with Crippen LogP contribution in [0.4, 0.5) is 0 Å². The highest BCUT2D eigenvalue weighted by Gasteiger charge is 2.08. The van der Waals surface area contributed by atoms with Crippen molar-refractivity contribution >= 4 is 35.0 Å². The van der Waals surface area contributed by atoms with Gasteiger partial charge in [-0.15, -0.1) is 0 Å². The summed E-state index contributed by atoms with van der Waals surface area (Å²) in [5.74, 6) is 0. The minimum Gasteiger partial charge on any atom is -0.313 e. The summed E-state index contributed by atoms with van der Waals surface area (Å²) in [6, 6.07) is 13.9. The molecule has 0 aromatic heterocycles. The molecule has 1 nitrogen and oxygen atoms in total. The van der Waals surface area contributed by atoms with Gasteiger partial charge in [0.05, 0.1) is 0 Å². The van der Waals surface area contributed by atoms with Crippen molar-refractivity contribution in [3.63, 3.8) is 0 Å². The van der Waals surface area contributed by atoms with Crippen LogP contribution in [0.5, 0.6) is 0 Å². The highest BCUT2D eigenvalue weighted by Crippen LogP contribution is 2.34. The normalized spacial score (nSPS) is 10.8. The predicted molar refractivity (Wildman–Crippen MR) is 89.0 cm³/mol. The lowest BCUT2D eigenvalue weighted by Crippen LogP contribution is -2.14. The highest BCUT2D eigenvalue weighted by molar-refractivity contribution is 7.99. The Kier molecular flexibility index (Phi) is 6.24. The second-order valence-corrected chi connectivity index (χ2v) is 6.41. The maximum Gasteiger partial charge on any atom is 0.0462 e. The van der Waals surface area contributed by atoms with Gasteiger partial charge in [-0.25, -0.2) is 0 Å². The molecule has 4 heteroatoms. The van der Waals surface area contributed by atoms with Gasteiger partial charge < -0.3 is 5.32 Å². The minimum atomic E-state index is 0.752. The second-order valence-electron chi connectivity index (χ2n) is 4.45. The molecule has 20 heavy (non-hydrogen) atoms. The summed E-state index contributed by atoms with van der Waals surface area (Å²) < 4.78 is 0. The lowest BCUT2D eigenvalue weighted by Gasteiger charge is -2.12. The van der Waals surface area contributed by atoms with Crippen molar-refractivity contribution in [3.8, 4) is 0 Å². The Morgan fingerprint density at radius 3 is 2.65 bits per heavy atom. The van der Waals surface area contributed by atoms with Gasteiger partial charge in [0.2, 0.25) is 0 Å². The van der Waals surface area contributed by atoms with Crippen LogP contribution in [0.1, 0.15) is 18.9 Å². The molecule has 0 saturated heterocycles. The zero-order valence-electron chi connectivity index (χ0n) is 11.3. The van der Waals surface area contributed by atoms with Gasteiger partial charge in [0.1, 0.15) is 0 Å². The topological polar surface area (TPSA) is 12.0 Å². The van der Waals surface area contributed by atoms with Crippen LogP contribution in [0.2, 0.25) is 10.0 Å². The van der Waals surface area contributed by atoms with Gasteiger partial charge in [-0.1, -0.05) is 54.0 Å². The zero-order chi connectivity index (χ0) is 14.4. The van der Waals surface area contributed by atoms with E-state index in [0.717, 1.165) is 40.0 Å². The molecule has 0 aliphatic rings. The molecule has 0 saturated carbocycles. The van der Waals surface area contributed by atoms with Gasteiger partial charge in [0.15, 0.2) is 0 Å². The Morgan fingerprint density at radius 2 is 1.90 bits per heavy atom. The van der Waals surface area contributed by atoms with Crippen LogP contribution in [0.3, 0.4) is 0 Å². The maximum atomic E-state index is 6.33. The Morgan fingerprint density at radius 1 is 1.10 bits per heavy atom. The van der Waals surface area contributed by atoms with Crippen LogP contribution in [0, 0.1) is 0 Å². The van der Waals surface area contributed by atoms with Gasteiger partial charge in [-0.05, 0) is 48.9 Å². The number of hydrogen-bond acceptors (Lipinski definition) is 2. The van der Waals surface area contributed by atoms with Gasteiger partial charge in [0.25, 0.3) is 0 Å². The second kappa shape index (κ2) is 7.94. The number of nitrogens with one attached hydrogen (secondary N) is 1. The number of hydrogen-bond donors (Lipinski definition) is 1. The van der Waals surface area contributed by atoms with Gasteiger partial charge in [0, 0.05) is 26.4 Å². The van der Waals surface area contributed by atoms with Crippen molar-refractivity contribution in [2.75, 3.05) is 6.54 Å². The SMILES string of the molecule is CCCNCc1c(Cl)cccc1Sc1cccc(Cl)c1. The van der Waals surface area contributed by atoms with E-state index < -0.39 is 0 Å². The van der Waals surface area contributed by atoms with E-state index in [2.05, 4.69) is 24.4 Å². The van der Waals surface area contributed by atoms with E-state index >= 15 is 0 Å². The van der Waals surface area contributed by atoms with Crippen LogP contribution in [-0.2, 0) is 6.54 Å². The monoisotopic (exact) mass is 325 g/mol. The number of halogens is 2. The first-order valence-electron chi connectivity index (χ1n) is 6.62. The number of benzene rings is 2. The summed E-state index contributed by atoms with van der Waals surface area (Å²) in [5, 5.41) is 4.96. The number of rotatable bonds is 6. The Labute approximate surface area is 134 Å². The summed E-state index contributed by atoms with van der Waals surface area (Å²) in [6.45, 7) is 3.93. The summed E-state index contributed by atoms with van der Waals surface area (Å²) in [4.78, 5) is 2.29. The predicted octanol–water partition coefficient (Wildman–Crippen LogP) is 5.64. The Bertz CT molecular complexity index is 572. The molecule has 0 fully saturated rings. The van der Waals surface area contributed by atoms with E-state index in [1.165, 1.54) is 4.90 Å². The molecule has 1 N–H and O–H groups in total. The third kappa shape index (κ3) is 4.42. The van der Waals surface area contributed by atoms with E-state index in [1.54, 1.807) is 11.8 Å². The van der Waals surface area contributed by atoms with Crippen LogP contribution < -0.4 is 5.32 Å². The first-order chi connectivity index (χ1) is 9.70. The summed E-state index contributed by atoms with van der Waals surface area (Å²) in [5.41, 5.74) is 1.15. The Balaban J connectivity index is 2.20. The van der Waals surface area contributed by atoms with E-state index in [4.69, 9.17) is 23.2 Å². The largest absolute Gasteiger partial charge is 0.313 e. The molecule has 0 bridgehead atoms. The standard InChI is InChI=1S/C16H17Cl2NS/c1-2-9-19-11-14-15(18)7-4-8-16(14)20-13-6-3-5-12(17)10-13/h3-8,10,19H,2,9,11H2,1H3. The molecule has 2 rings (SSSR count). The van der Waals surface area contributed by atoms with E-state index in [1.807, 2.05) is 30.3 Å². The average Bonchev–Trinajstić information content (AvgIpc) is 2.42. The molecule has 0 radical (unpaired) electrons. The lowest BCUT2D eigenvalue weighted by atomic mass is 10.2. The average molecular weight is 326 g/mol. The molecule has 0 unspecified atom stereocenters. The molecule has 0 spiro atoms. The molecule has 0 amide bonds. The summed E-state index contributed by atoms with van der Waals surface area (Å²) >= 11 is 14.1. The van der Waals surface area contributed by atoms with Gasteiger partial charge in [-0.2, -0.15) is 0 Å². The molecular formula is C16H17Cl2NS. The third-order valence-electron chi connectivity index (χ3n) is 2.83. The van der Waals surface area contributed by atoms with Gasteiger partial charge >= 0.3 is 0 Å². The molecule has 0 heterocycles. The smallest absolute Gasteiger partial charge is 0.0462 e. The molecule has 0 aliphatic heterocycles. The van der Waals surface area contributed by atoms with E-state index in [9.17, 15) is 0 Å². The fraction of sp³-hybridized carbons (Fsp3) is 0.250. The van der Waals surface area contributed by atoms with Crippen LogP contribution in [-0.4, -0.2) is 6.54 Å². The quantitative estimate of drug-likeness (QED) is 0.689. The maximum absolute atomic E-state index is 6.33. The van der Waals surface area contributed by atoms with Crippen molar-refractivity contribution in [3.05, 3.63) is 58.1 Å². The fourth-order valence-electron chi connectivity index (χ4n) is 1.85. The van der Waals surface area contributed by atoms with Crippen LogP contribution in [0.15, 0.2) is 52.3 Å². The van der Waals surface area contributed by atoms with Crippen molar-refractivity contribution in [1.29, 1.82) is 0 Å². The van der Waals surface area contributed by atoms with Crippen molar-refractivity contribution in [2.24, 2.45) is 0 Å².